The van der Waals surface area contributed by atoms with Gasteiger partial charge in [-0.15, -0.1) is 0 Å². The molecule has 0 amide bonds. The monoisotopic (exact) mass is 366 g/mol. The molecule has 0 unspecified atom stereocenters. The van der Waals surface area contributed by atoms with Crippen LogP contribution in [0, 0.1) is 0 Å². The average Bonchev–Trinajstić information content (AvgIpc) is 2.65. The van der Waals surface area contributed by atoms with Crippen LogP contribution in [-0.4, -0.2) is 32.8 Å². The SMILES string of the molecule is COc1ccc(C=Cc2nc3ccccc3c(=O)n2CCC(=O)O)cc1O. The van der Waals surface area contributed by atoms with Gasteiger partial charge < -0.3 is 14.9 Å². The van der Waals surface area contributed by atoms with Gasteiger partial charge in [-0.25, -0.2) is 4.98 Å². The van der Waals surface area contributed by atoms with E-state index in [2.05, 4.69) is 4.98 Å². The van der Waals surface area contributed by atoms with Crippen molar-refractivity contribution in [1.29, 1.82) is 0 Å². The first-order valence-electron chi connectivity index (χ1n) is 8.26. The number of rotatable bonds is 6. The molecule has 27 heavy (non-hydrogen) atoms. The molecule has 0 atom stereocenters. The third-order valence-electron chi connectivity index (χ3n) is 4.07. The van der Waals surface area contributed by atoms with Crippen LogP contribution in [0.15, 0.2) is 47.3 Å². The van der Waals surface area contributed by atoms with Crippen molar-refractivity contribution in [3.8, 4) is 11.5 Å². The summed E-state index contributed by atoms with van der Waals surface area (Å²) in [4.78, 5) is 28.2. The molecule has 0 saturated carbocycles. The predicted octanol–water partition coefficient (Wildman–Crippen LogP) is 2.76. The Bertz CT molecular complexity index is 1090. The van der Waals surface area contributed by atoms with E-state index in [-0.39, 0.29) is 24.3 Å². The number of para-hydroxylation sites is 1. The van der Waals surface area contributed by atoms with Gasteiger partial charge in [-0.1, -0.05) is 24.3 Å². The van der Waals surface area contributed by atoms with Gasteiger partial charge in [-0.05, 0) is 35.9 Å². The van der Waals surface area contributed by atoms with Crippen molar-refractivity contribution in [2.45, 2.75) is 13.0 Å². The summed E-state index contributed by atoms with van der Waals surface area (Å²) in [5.41, 5.74) is 0.922. The molecule has 3 rings (SSSR count). The summed E-state index contributed by atoms with van der Waals surface area (Å²) in [6, 6.07) is 11.8. The average molecular weight is 366 g/mol. The van der Waals surface area contributed by atoms with Gasteiger partial charge in [0.25, 0.3) is 5.56 Å². The Hall–Kier alpha value is -3.61. The lowest BCUT2D eigenvalue weighted by atomic mass is 10.2. The maximum atomic E-state index is 12.8. The second kappa shape index (κ2) is 7.74. The number of carbonyl (C=O) groups is 1. The molecule has 1 aromatic heterocycles. The molecule has 3 aromatic rings. The standard InChI is InChI=1S/C20H18N2O5/c1-27-17-8-6-13(12-16(17)23)7-9-18-21-15-5-3-2-4-14(15)20(26)22(18)11-10-19(24)25/h2-9,12,23H,10-11H2,1H3,(H,24,25). The molecule has 2 N–H and O–H groups in total. The van der Waals surface area contributed by atoms with E-state index in [9.17, 15) is 14.7 Å². The van der Waals surface area contributed by atoms with E-state index in [0.717, 1.165) is 0 Å². The van der Waals surface area contributed by atoms with Gasteiger partial charge in [0, 0.05) is 6.54 Å². The van der Waals surface area contributed by atoms with Crippen molar-refractivity contribution >= 4 is 29.0 Å². The quantitative estimate of drug-likeness (QED) is 0.696. The number of carboxylic acids is 1. The summed E-state index contributed by atoms with van der Waals surface area (Å²) in [5, 5.41) is 19.3. The number of phenolic OH excluding ortho intramolecular Hbond substituents is 1. The third kappa shape index (κ3) is 3.98. The molecule has 0 aliphatic heterocycles. The molecule has 7 heteroatoms. The van der Waals surface area contributed by atoms with Crippen LogP contribution in [0.3, 0.4) is 0 Å². The lowest BCUT2D eigenvalue weighted by Crippen LogP contribution is -2.25. The molecule has 7 nitrogen and oxygen atoms in total. The summed E-state index contributed by atoms with van der Waals surface area (Å²) in [6.07, 6.45) is 3.12. The van der Waals surface area contributed by atoms with Crippen molar-refractivity contribution in [3.05, 3.63) is 64.2 Å². The van der Waals surface area contributed by atoms with Gasteiger partial charge >= 0.3 is 5.97 Å². The highest BCUT2D eigenvalue weighted by atomic mass is 16.5. The molecule has 0 spiro atoms. The van der Waals surface area contributed by atoms with Crippen LogP contribution >= 0.6 is 0 Å². The lowest BCUT2D eigenvalue weighted by Gasteiger charge is -2.10. The van der Waals surface area contributed by atoms with Crippen molar-refractivity contribution in [1.82, 2.24) is 9.55 Å². The summed E-state index contributed by atoms with van der Waals surface area (Å²) in [6.45, 7) is 0.0134. The van der Waals surface area contributed by atoms with Gasteiger partial charge in [0.15, 0.2) is 11.5 Å². The van der Waals surface area contributed by atoms with E-state index in [1.165, 1.54) is 17.7 Å². The molecule has 0 aliphatic carbocycles. The van der Waals surface area contributed by atoms with Gasteiger partial charge in [-0.3, -0.25) is 14.2 Å². The number of hydrogen-bond donors (Lipinski definition) is 2. The van der Waals surface area contributed by atoms with Crippen LogP contribution in [0.4, 0.5) is 0 Å². The molecule has 2 aromatic carbocycles. The Balaban J connectivity index is 2.06. The summed E-state index contributed by atoms with van der Waals surface area (Å²) in [5.74, 6) is -0.302. The maximum Gasteiger partial charge on any atom is 0.305 e. The number of phenols is 1. The second-order valence-corrected chi connectivity index (χ2v) is 5.85. The Morgan fingerprint density at radius 3 is 2.70 bits per heavy atom. The maximum absolute atomic E-state index is 12.8. The topological polar surface area (TPSA) is 102 Å². The number of methoxy groups -OCH3 is 1. The number of fused-ring (bicyclic) bond motifs is 1. The first kappa shape index (κ1) is 18.2. The molecule has 0 radical (unpaired) electrons. The number of ether oxygens (including phenoxy) is 1. The minimum Gasteiger partial charge on any atom is -0.504 e. The fraction of sp³-hybridized carbons (Fsp3) is 0.150. The normalized spacial score (nSPS) is 11.1. The van der Waals surface area contributed by atoms with Crippen molar-refractivity contribution in [3.63, 3.8) is 0 Å². The fourth-order valence-corrected chi connectivity index (χ4v) is 2.72. The number of aromatic hydroxyl groups is 1. The van der Waals surface area contributed by atoms with Crippen LogP contribution in [0.5, 0.6) is 11.5 Å². The third-order valence-corrected chi connectivity index (χ3v) is 4.07. The highest BCUT2D eigenvalue weighted by molar-refractivity contribution is 5.79. The molecule has 138 valence electrons. The number of nitrogens with zero attached hydrogens (tertiary/aromatic N) is 2. The molecular weight excluding hydrogens is 348 g/mol. The second-order valence-electron chi connectivity index (χ2n) is 5.85. The highest BCUT2D eigenvalue weighted by Crippen LogP contribution is 2.27. The minimum absolute atomic E-state index is 0.00520. The first-order valence-corrected chi connectivity index (χ1v) is 8.26. The van der Waals surface area contributed by atoms with Crippen LogP contribution in [0.1, 0.15) is 17.8 Å². The van der Waals surface area contributed by atoms with Crippen LogP contribution in [-0.2, 0) is 11.3 Å². The number of hydrogen-bond acceptors (Lipinski definition) is 5. The smallest absolute Gasteiger partial charge is 0.305 e. The highest BCUT2D eigenvalue weighted by Gasteiger charge is 2.10. The van der Waals surface area contributed by atoms with Crippen molar-refractivity contribution in [2.24, 2.45) is 0 Å². The Kier molecular flexibility index (Phi) is 5.21. The van der Waals surface area contributed by atoms with Crippen molar-refractivity contribution < 1.29 is 19.7 Å². The van der Waals surface area contributed by atoms with E-state index in [1.54, 1.807) is 48.6 Å². The molecular formula is C20H18N2O5. The molecule has 0 saturated heterocycles. The van der Waals surface area contributed by atoms with Crippen LogP contribution in [0.2, 0.25) is 0 Å². The van der Waals surface area contributed by atoms with Crippen molar-refractivity contribution in [2.75, 3.05) is 7.11 Å². The van der Waals surface area contributed by atoms with Gasteiger partial charge in [0.05, 0.1) is 24.4 Å². The zero-order chi connectivity index (χ0) is 19.4. The Morgan fingerprint density at radius 1 is 1.22 bits per heavy atom. The van der Waals surface area contributed by atoms with E-state index in [4.69, 9.17) is 9.84 Å². The summed E-state index contributed by atoms with van der Waals surface area (Å²) in [7, 11) is 1.46. The first-order chi connectivity index (χ1) is 13.0. The fourth-order valence-electron chi connectivity index (χ4n) is 2.72. The zero-order valence-corrected chi connectivity index (χ0v) is 14.6. The number of benzene rings is 2. The summed E-state index contributed by atoms with van der Waals surface area (Å²) >= 11 is 0. The van der Waals surface area contributed by atoms with Crippen LogP contribution < -0.4 is 10.3 Å². The van der Waals surface area contributed by atoms with E-state index in [0.29, 0.717) is 28.0 Å². The van der Waals surface area contributed by atoms with Crippen LogP contribution in [0.25, 0.3) is 23.1 Å². The number of carboxylic acid groups (broad SMARTS) is 1. The molecule has 0 fully saturated rings. The van der Waals surface area contributed by atoms with Gasteiger partial charge in [0.1, 0.15) is 5.82 Å². The van der Waals surface area contributed by atoms with E-state index >= 15 is 0 Å². The molecule has 1 heterocycles. The predicted molar refractivity (Wildman–Crippen MR) is 102 cm³/mol. The van der Waals surface area contributed by atoms with Gasteiger partial charge in [0.2, 0.25) is 0 Å². The minimum atomic E-state index is -0.995. The van der Waals surface area contributed by atoms with Gasteiger partial charge in [-0.2, -0.15) is 0 Å². The van der Waals surface area contributed by atoms with E-state index in [1.807, 2.05) is 0 Å². The Labute approximate surface area is 154 Å². The zero-order valence-electron chi connectivity index (χ0n) is 14.6. The largest absolute Gasteiger partial charge is 0.504 e. The molecule has 0 aliphatic rings. The lowest BCUT2D eigenvalue weighted by molar-refractivity contribution is -0.137. The molecule has 0 bridgehead atoms. The number of aromatic nitrogens is 2. The Morgan fingerprint density at radius 2 is 2.00 bits per heavy atom. The summed E-state index contributed by atoms with van der Waals surface area (Å²) < 4.78 is 6.36. The van der Waals surface area contributed by atoms with E-state index < -0.39 is 5.97 Å². The number of aliphatic carboxylic acids is 1.